The van der Waals surface area contributed by atoms with Crippen molar-refractivity contribution >= 4 is 43.2 Å². The Morgan fingerprint density at radius 1 is 1.37 bits per heavy atom. The average molecular weight is 406 g/mol. The first-order valence-electron chi connectivity index (χ1n) is 5.68. The minimum atomic E-state index is 0.0354. The summed E-state index contributed by atoms with van der Waals surface area (Å²) in [4.78, 5) is 0. The second-order valence-electron chi connectivity index (χ2n) is 4.01. The van der Waals surface area contributed by atoms with Crippen LogP contribution in [0.2, 0.25) is 0 Å². The lowest BCUT2D eigenvalue weighted by Gasteiger charge is -2.17. The van der Waals surface area contributed by atoms with E-state index in [4.69, 9.17) is 10.6 Å². The van der Waals surface area contributed by atoms with Crippen LogP contribution in [0.3, 0.4) is 0 Å². The first-order chi connectivity index (χ1) is 9.15. The summed E-state index contributed by atoms with van der Waals surface area (Å²) >= 11 is 8.70. The number of benzene rings is 1. The largest absolute Gasteiger partial charge is 0.496 e. The first kappa shape index (κ1) is 15.0. The molecule has 0 aliphatic carbocycles. The van der Waals surface area contributed by atoms with E-state index in [0.29, 0.717) is 0 Å². The third-order valence-electron chi connectivity index (χ3n) is 2.88. The van der Waals surface area contributed by atoms with Gasteiger partial charge in [0.1, 0.15) is 5.75 Å². The molecule has 3 nitrogen and oxygen atoms in total. The summed E-state index contributed by atoms with van der Waals surface area (Å²) in [7, 11) is 1.68. The molecule has 6 heteroatoms. The van der Waals surface area contributed by atoms with Crippen molar-refractivity contribution < 1.29 is 4.74 Å². The molecule has 0 aliphatic rings. The molecule has 0 fully saturated rings. The predicted octanol–water partition coefficient (Wildman–Crippen LogP) is 4.03. The Bertz CT molecular complexity index is 559. The molecule has 0 amide bonds. The summed E-state index contributed by atoms with van der Waals surface area (Å²) in [5.41, 5.74) is 5.14. The highest BCUT2D eigenvalue weighted by Crippen LogP contribution is 2.37. The molecule has 2 aromatic rings. The van der Waals surface area contributed by atoms with Gasteiger partial charge in [-0.1, -0.05) is 18.2 Å². The molecule has 0 saturated carbocycles. The number of hydrogen-bond acceptors (Lipinski definition) is 4. The monoisotopic (exact) mass is 404 g/mol. The first-order valence-corrected chi connectivity index (χ1v) is 8.08. The second-order valence-corrected chi connectivity index (χ2v) is 7.76. The van der Waals surface area contributed by atoms with Gasteiger partial charge >= 0.3 is 0 Å². The molecular formula is C13H14Br2N2OS. The standard InChI is InChI=1S/C13H14Br2N2OS/c1-18-11-5-3-2-4-8(11)6-10(17-16)9-7-12(14)19-13(9)15/h2-5,7,10,17H,6,16H2,1H3. The van der Waals surface area contributed by atoms with Crippen molar-refractivity contribution in [1.82, 2.24) is 5.43 Å². The van der Waals surface area contributed by atoms with Gasteiger partial charge in [-0.3, -0.25) is 11.3 Å². The maximum Gasteiger partial charge on any atom is 0.122 e. The number of thiophene rings is 1. The number of rotatable bonds is 5. The molecule has 0 spiro atoms. The van der Waals surface area contributed by atoms with Crippen LogP contribution in [-0.4, -0.2) is 7.11 Å². The van der Waals surface area contributed by atoms with Gasteiger partial charge in [-0.05, 0) is 61.5 Å². The van der Waals surface area contributed by atoms with E-state index in [1.165, 1.54) is 0 Å². The Morgan fingerprint density at radius 2 is 2.11 bits per heavy atom. The van der Waals surface area contributed by atoms with E-state index in [0.717, 1.165) is 30.9 Å². The fourth-order valence-corrected chi connectivity index (χ4v) is 4.91. The number of nitrogens with one attached hydrogen (secondary N) is 1. The Hall–Kier alpha value is -0.400. The van der Waals surface area contributed by atoms with Gasteiger partial charge in [0.2, 0.25) is 0 Å². The number of para-hydroxylation sites is 1. The van der Waals surface area contributed by atoms with E-state index in [1.807, 2.05) is 18.2 Å². The maximum atomic E-state index is 5.70. The van der Waals surface area contributed by atoms with Crippen LogP contribution in [0.25, 0.3) is 0 Å². The maximum absolute atomic E-state index is 5.70. The van der Waals surface area contributed by atoms with Crippen molar-refractivity contribution in [2.75, 3.05) is 7.11 Å². The van der Waals surface area contributed by atoms with E-state index < -0.39 is 0 Å². The topological polar surface area (TPSA) is 47.3 Å². The fraction of sp³-hybridized carbons (Fsp3) is 0.231. The summed E-state index contributed by atoms with van der Waals surface area (Å²) in [5.74, 6) is 6.58. The van der Waals surface area contributed by atoms with Gasteiger partial charge < -0.3 is 4.74 Å². The zero-order valence-corrected chi connectivity index (χ0v) is 14.3. The molecule has 0 saturated heterocycles. The molecule has 3 N–H and O–H groups in total. The number of ether oxygens (including phenoxy) is 1. The molecular weight excluding hydrogens is 392 g/mol. The lowest BCUT2D eigenvalue weighted by atomic mass is 10.0. The van der Waals surface area contributed by atoms with Gasteiger partial charge in [0, 0.05) is 0 Å². The number of halogens is 2. The van der Waals surface area contributed by atoms with Crippen LogP contribution in [-0.2, 0) is 6.42 Å². The predicted molar refractivity (Wildman–Crippen MR) is 86.5 cm³/mol. The molecule has 1 unspecified atom stereocenters. The molecule has 1 heterocycles. The summed E-state index contributed by atoms with van der Waals surface area (Å²) in [5, 5.41) is 0. The molecule has 1 aromatic heterocycles. The number of hydrogen-bond donors (Lipinski definition) is 2. The van der Waals surface area contributed by atoms with Gasteiger partial charge in [-0.2, -0.15) is 0 Å². The number of hydrazine groups is 1. The molecule has 0 bridgehead atoms. The molecule has 19 heavy (non-hydrogen) atoms. The van der Waals surface area contributed by atoms with E-state index in [1.54, 1.807) is 18.4 Å². The quantitative estimate of drug-likeness (QED) is 0.583. The van der Waals surface area contributed by atoms with E-state index >= 15 is 0 Å². The number of nitrogens with two attached hydrogens (primary N) is 1. The van der Waals surface area contributed by atoms with Crippen LogP contribution in [0.4, 0.5) is 0 Å². The normalized spacial score (nSPS) is 12.4. The van der Waals surface area contributed by atoms with Crippen molar-refractivity contribution in [3.05, 3.63) is 49.0 Å². The Balaban J connectivity index is 2.26. The van der Waals surface area contributed by atoms with Crippen molar-refractivity contribution in [2.45, 2.75) is 12.5 Å². The fourth-order valence-electron chi connectivity index (χ4n) is 1.94. The average Bonchev–Trinajstić information content (AvgIpc) is 2.75. The van der Waals surface area contributed by atoms with Gasteiger partial charge in [0.15, 0.2) is 0 Å². The van der Waals surface area contributed by atoms with Crippen molar-refractivity contribution in [1.29, 1.82) is 0 Å². The second kappa shape index (κ2) is 6.85. The minimum Gasteiger partial charge on any atom is -0.496 e. The lowest BCUT2D eigenvalue weighted by Crippen LogP contribution is -2.29. The molecule has 1 aromatic carbocycles. The van der Waals surface area contributed by atoms with Crippen LogP contribution < -0.4 is 16.0 Å². The molecule has 0 radical (unpaired) electrons. The van der Waals surface area contributed by atoms with E-state index in [2.05, 4.69) is 49.4 Å². The van der Waals surface area contributed by atoms with Gasteiger partial charge in [0.25, 0.3) is 0 Å². The Labute approximate surface area is 133 Å². The molecule has 102 valence electrons. The SMILES string of the molecule is COc1ccccc1CC(NN)c1cc(Br)sc1Br. The van der Waals surface area contributed by atoms with E-state index in [-0.39, 0.29) is 6.04 Å². The molecule has 2 rings (SSSR count). The van der Waals surface area contributed by atoms with Crippen molar-refractivity contribution in [2.24, 2.45) is 5.84 Å². The highest BCUT2D eigenvalue weighted by atomic mass is 79.9. The highest BCUT2D eigenvalue weighted by molar-refractivity contribution is 9.12. The van der Waals surface area contributed by atoms with Crippen LogP contribution in [0.1, 0.15) is 17.2 Å². The van der Waals surface area contributed by atoms with Gasteiger partial charge in [0.05, 0.1) is 20.7 Å². The van der Waals surface area contributed by atoms with Crippen LogP contribution >= 0.6 is 43.2 Å². The summed E-state index contributed by atoms with van der Waals surface area (Å²) in [6, 6.07) is 10.1. The number of methoxy groups -OCH3 is 1. The van der Waals surface area contributed by atoms with Crippen molar-refractivity contribution in [3.8, 4) is 5.75 Å². The Kier molecular flexibility index (Phi) is 5.41. The summed E-state index contributed by atoms with van der Waals surface area (Å²) in [6.07, 6.45) is 0.766. The molecule has 0 aliphatic heterocycles. The van der Waals surface area contributed by atoms with Crippen molar-refractivity contribution in [3.63, 3.8) is 0 Å². The molecule has 1 atom stereocenters. The van der Waals surface area contributed by atoms with Crippen LogP contribution in [0.5, 0.6) is 5.75 Å². The highest BCUT2D eigenvalue weighted by Gasteiger charge is 2.18. The van der Waals surface area contributed by atoms with Crippen LogP contribution in [0, 0.1) is 0 Å². The Morgan fingerprint density at radius 3 is 2.68 bits per heavy atom. The lowest BCUT2D eigenvalue weighted by molar-refractivity contribution is 0.405. The zero-order chi connectivity index (χ0) is 13.8. The third-order valence-corrected chi connectivity index (χ3v) is 5.26. The summed E-state index contributed by atoms with van der Waals surface area (Å²) < 4.78 is 7.53. The van der Waals surface area contributed by atoms with E-state index in [9.17, 15) is 0 Å². The van der Waals surface area contributed by atoms with Gasteiger partial charge in [-0.25, -0.2) is 0 Å². The van der Waals surface area contributed by atoms with Gasteiger partial charge in [-0.15, -0.1) is 11.3 Å². The third kappa shape index (κ3) is 3.58. The van der Waals surface area contributed by atoms with Crippen LogP contribution in [0.15, 0.2) is 37.9 Å². The smallest absolute Gasteiger partial charge is 0.122 e. The summed E-state index contributed by atoms with van der Waals surface area (Å²) in [6.45, 7) is 0. The zero-order valence-electron chi connectivity index (χ0n) is 10.3. The minimum absolute atomic E-state index is 0.0354.